The van der Waals surface area contributed by atoms with Crippen molar-refractivity contribution in [2.24, 2.45) is 23.8 Å². The Morgan fingerprint density at radius 3 is 2.09 bits per heavy atom. The zero-order chi connectivity index (χ0) is 34.1. The number of pyridine rings is 2. The summed E-state index contributed by atoms with van der Waals surface area (Å²) in [7, 11) is 2.19. The van der Waals surface area contributed by atoms with Crippen LogP contribution in [-0.4, -0.2) is 29.5 Å². The first-order chi connectivity index (χ1) is 22.1. The van der Waals surface area contributed by atoms with Gasteiger partial charge in [-0.3, -0.25) is 9.97 Å². The molecule has 5 aromatic rings. The minimum Gasteiger partial charge on any atom is -0.357 e. The number of hydrogen-bond acceptors (Lipinski definition) is 4. The van der Waals surface area contributed by atoms with E-state index < -0.39 is 0 Å². The first kappa shape index (κ1) is 34.8. The molecule has 6 heteroatoms. The normalized spacial score (nSPS) is 14.1. The Bertz CT molecular complexity index is 1800. The molecular formula is C41H58N6. The standard InChI is InChI=1S/C41H58N6/c1-26(2)20-30-21-36-35(43-30)13-12-33(44-36)29(6)24-41(9,10)25-31-22-37-38(47(31)11)15-14-34(45-37)28(5)23-40(7,8)18-16-39-42-19-17-32(46-39)27(3)4/h12-15,17,19,21-22,26-29,43H,16,18,20,23-25H2,1-11H3. The predicted octanol–water partition coefficient (Wildman–Crippen LogP) is 10.5. The average molecular weight is 635 g/mol. The lowest BCUT2D eigenvalue weighted by Crippen LogP contribution is -2.20. The SMILES string of the molecule is CC(C)Cc1cc2nc(C(C)CC(C)(C)Cc3cc4nc(C(C)CC(C)(C)CCc5nccc(C(C)C)n5)ccc4n3C)ccc2[nH]1. The van der Waals surface area contributed by atoms with Crippen molar-refractivity contribution in [3.63, 3.8) is 0 Å². The van der Waals surface area contributed by atoms with Gasteiger partial charge in [-0.05, 0) is 109 Å². The van der Waals surface area contributed by atoms with E-state index in [9.17, 15) is 0 Å². The zero-order valence-electron chi connectivity index (χ0n) is 30.9. The summed E-state index contributed by atoms with van der Waals surface area (Å²) in [6.45, 7) is 23.1. The Morgan fingerprint density at radius 1 is 0.745 bits per heavy atom. The van der Waals surface area contributed by atoms with Crippen LogP contribution in [0.4, 0.5) is 0 Å². The van der Waals surface area contributed by atoms with Gasteiger partial charge in [0.1, 0.15) is 5.82 Å². The number of rotatable bonds is 14. The Labute approximate surface area is 283 Å². The molecule has 5 rings (SSSR count). The molecule has 0 radical (unpaired) electrons. The average Bonchev–Trinajstić information content (AvgIpc) is 3.53. The molecule has 0 bridgehead atoms. The van der Waals surface area contributed by atoms with E-state index in [1.807, 2.05) is 12.3 Å². The summed E-state index contributed by atoms with van der Waals surface area (Å²) in [6.07, 6.45) is 8.04. The van der Waals surface area contributed by atoms with Crippen molar-refractivity contribution in [3.8, 4) is 0 Å². The largest absolute Gasteiger partial charge is 0.357 e. The van der Waals surface area contributed by atoms with Crippen LogP contribution < -0.4 is 0 Å². The highest BCUT2D eigenvalue weighted by molar-refractivity contribution is 5.77. The van der Waals surface area contributed by atoms with Gasteiger partial charge in [-0.1, -0.05) is 69.2 Å². The van der Waals surface area contributed by atoms with Crippen LogP contribution in [0.5, 0.6) is 0 Å². The lowest BCUT2D eigenvalue weighted by molar-refractivity contribution is 0.283. The van der Waals surface area contributed by atoms with Gasteiger partial charge in [0, 0.05) is 48.1 Å². The zero-order valence-corrected chi connectivity index (χ0v) is 30.9. The molecule has 2 atom stereocenters. The maximum atomic E-state index is 5.22. The molecule has 0 amide bonds. The number of H-pyrrole nitrogens is 1. The van der Waals surface area contributed by atoms with E-state index in [1.54, 1.807) is 0 Å². The van der Waals surface area contributed by atoms with Crippen molar-refractivity contribution in [1.29, 1.82) is 0 Å². The highest BCUT2D eigenvalue weighted by Gasteiger charge is 2.27. The smallest absolute Gasteiger partial charge is 0.128 e. The predicted molar refractivity (Wildman–Crippen MR) is 197 cm³/mol. The van der Waals surface area contributed by atoms with Crippen LogP contribution in [0.3, 0.4) is 0 Å². The number of fused-ring (bicyclic) bond motifs is 2. The molecule has 252 valence electrons. The maximum absolute atomic E-state index is 5.22. The molecular weight excluding hydrogens is 576 g/mol. The number of nitrogens with zero attached hydrogens (tertiary/aromatic N) is 5. The van der Waals surface area contributed by atoms with Crippen molar-refractivity contribution in [2.45, 2.75) is 126 Å². The molecule has 0 saturated carbocycles. The summed E-state index contributed by atoms with van der Waals surface area (Å²) < 4.78 is 2.35. The van der Waals surface area contributed by atoms with E-state index >= 15 is 0 Å². The third-order valence-corrected chi connectivity index (χ3v) is 9.93. The van der Waals surface area contributed by atoms with E-state index in [0.717, 1.165) is 66.6 Å². The molecule has 0 fully saturated rings. The molecule has 6 nitrogen and oxygen atoms in total. The van der Waals surface area contributed by atoms with Crippen LogP contribution in [-0.2, 0) is 26.3 Å². The highest BCUT2D eigenvalue weighted by Crippen LogP contribution is 2.37. The summed E-state index contributed by atoms with van der Waals surface area (Å²) in [4.78, 5) is 23.2. The van der Waals surface area contributed by atoms with Crippen molar-refractivity contribution in [2.75, 3.05) is 0 Å². The maximum Gasteiger partial charge on any atom is 0.128 e. The molecule has 0 aliphatic rings. The third kappa shape index (κ3) is 8.69. The molecule has 0 saturated heterocycles. The minimum absolute atomic E-state index is 0.109. The molecule has 0 aromatic carbocycles. The third-order valence-electron chi connectivity index (χ3n) is 9.93. The number of aromatic nitrogens is 6. The van der Waals surface area contributed by atoms with Crippen LogP contribution in [0.25, 0.3) is 22.1 Å². The Balaban J connectivity index is 1.23. The lowest BCUT2D eigenvalue weighted by atomic mass is 9.78. The van der Waals surface area contributed by atoms with Gasteiger partial charge in [-0.25, -0.2) is 9.97 Å². The minimum atomic E-state index is 0.109. The fourth-order valence-electron chi connectivity index (χ4n) is 7.47. The van der Waals surface area contributed by atoms with Gasteiger partial charge >= 0.3 is 0 Å². The van der Waals surface area contributed by atoms with Gasteiger partial charge in [-0.2, -0.15) is 0 Å². The van der Waals surface area contributed by atoms with Gasteiger partial charge in [0.05, 0.1) is 22.1 Å². The summed E-state index contributed by atoms with van der Waals surface area (Å²) in [6, 6.07) is 15.5. The Kier molecular flexibility index (Phi) is 10.3. The van der Waals surface area contributed by atoms with Gasteiger partial charge in [0.15, 0.2) is 0 Å². The van der Waals surface area contributed by atoms with Gasteiger partial charge in [0.25, 0.3) is 0 Å². The van der Waals surface area contributed by atoms with E-state index in [1.165, 1.54) is 28.3 Å². The molecule has 5 aromatic heterocycles. The van der Waals surface area contributed by atoms with E-state index in [2.05, 4.69) is 127 Å². The van der Waals surface area contributed by atoms with E-state index in [0.29, 0.717) is 23.7 Å². The number of hydrogen-bond donors (Lipinski definition) is 1. The van der Waals surface area contributed by atoms with Crippen molar-refractivity contribution >= 4 is 22.1 Å². The second kappa shape index (κ2) is 13.9. The fraction of sp³-hybridized carbons (Fsp3) is 0.561. The van der Waals surface area contributed by atoms with Crippen LogP contribution in [0.15, 0.2) is 48.7 Å². The molecule has 1 N–H and O–H groups in total. The van der Waals surface area contributed by atoms with Gasteiger partial charge in [0.2, 0.25) is 0 Å². The van der Waals surface area contributed by atoms with Gasteiger partial charge < -0.3 is 9.55 Å². The molecule has 0 aliphatic heterocycles. The molecule has 5 heterocycles. The summed E-state index contributed by atoms with van der Waals surface area (Å²) in [5, 5.41) is 0. The van der Waals surface area contributed by atoms with Crippen LogP contribution in [0.1, 0.15) is 141 Å². The summed E-state index contributed by atoms with van der Waals surface area (Å²) in [5.74, 6) is 2.74. The van der Waals surface area contributed by atoms with Crippen molar-refractivity contribution in [3.05, 3.63) is 83.0 Å². The van der Waals surface area contributed by atoms with Crippen LogP contribution in [0, 0.1) is 16.7 Å². The molecule has 47 heavy (non-hydrogen) atoms. The van der Waals surface area contributed by atoms with Crippen LogP contribution in [0.2, 0.25) is 0 Å². The lowest BCUT2D eigenvalue weighted by Gasteiger charge is -2.28. The van der Waals surface area contributed by atoms with Gasteiger partial charge in [-0.15, -0.1) is 0 Å². The summed E-state index contributed by atoms with van der Waals surface area (Å²) in [5.41, 5.74) is 10.9. The van der Waals surface area contributed by atoms with E-state index in [-0.39, 0.29) is 10.8 Å². The molecule has 0 spiro atoms. The first-order valence-electron chi connectivity index (χ1n) is 17.8. The second-order valence-electron chi connectivity index (χ2n) is 16.7. The highest BCUT2D eigenvalue weighted by atomic mass is 15.0. The van der Waals surface area contributed by atoms with Crippen LogP contribution >= 0.6 is 0 Å². The quantitative estimate of drug-likeness (QED) is 0.132. The monoisotopic (exact) mass is 634 g/mol. The second-order valence-corrected chi connectivity index (χ2v) is 16.7. The number of aromatic amines is 1. The fourth-order valence-corrected chi connectivity index (χ4v) is 7.47. The Hall–Kier alpha value is -3.54. The molecule has 0 aliphatic carbocycles. The number of aryl methyl sites for hydroxylation is 2. The Morgan fingerprint density at radius 2 is 1.40 bits per heavy atom. The molecule has 2 unspecified atom stereocenters. The topological polar surface area (TPSA) is 72.3 Å². The summed E-state index contributed by atoms with van der Waals surface area (Å²) >= 11 is 0. The first-order valence-corrected chi connectivity index (χ1v) is 17.8. The van der Waals surface area contributed by atoms with Crippen molar-refractivity contribution in [1.82, 2.24) is 29.5 Å². The van der Waals surface area contributed by atoms with E-state index in [4.69, 9.17) is 15.0 Å². The van der Waals surface area contributed by atoms with Crippen molar-refractivity contribution < 1.29 is 0 Å². The number of nitrogens with one attached hydrogen (secondary N) is 1.